The number of carbonyl (C=O) groups excluding carboxylic acids is 2. The Balaban J connectivity index is 1.86. The largest absolute Gasteiger partial charge is 0.325 e. The molecule has 0 heterocycles. The Hall–Kier alpha value is -1.64. The topological polar surface area (TPSA) is 46.2 Å². The Kier molecular flexibility index (Phi) is 2.56. The summed E-state index contributed by atoms with van der Waals surface area (Å²) in [5.74, 6) is 0.378. The third kappa shape index (κ3) is 1.64. The van der Waals surface area contributed by atoms with Gasteiger partial charge in [0.1, 0.15) is 5.41 Å². The van der Waals surface area contributed by atoms with Crippen LogP contribution in [-0.2, 0) is 9.59 Å². The van der Waals surface area contributed by atoms with Crippen LogP contribution in [-0.4, -0.2) is 11.7 Å². The van der Waals surface area contributed by atoms with Gasteiger partial charge in [0.15, 0.2) is 5.78 Å². The minimum Gasteiger partial charge on any atom is -0.325 e. The number of benzene rings is 1. The molecule has 2 aliphatic rings. The Morgan fingerprint density at radius 1 is 1.26 bits per heavy atom. The number of fused-ring (bicyclic) bond motifs is 2. The Morgan fingerprint density at radius 3 is 2.53 bits per heavy atom. The van der Waals surface area contributed by atoms with Crippen LogP contribution >= 0.6 is 0 Å². The average Bonchev–Trinajstić information content (AvgIpc) is 2.91. The number of carbonyl (C=O) groups is 2. The van der Waals surface area contributed by atoms with Gasteiger partial charge in [-0.1, -0.05) is 32.0 Å². The number of hydrogen-bond acceptors (Lipinski definition) is 2. The predicted molar refractivity (Wildman–Crippen MR) is 73.6 cm³/mol. The summed E-state index contributed by atoms with van der Waals surface area (Å²) in [6.45, 7) is 3.97. The smallest absolute Gasteiger partial charge is 0.238 e. The van der Waals surface area contributed by atoms with Gasteiger partial charge in [-0.15, -0.1) is 0 Å². The van der Waals surface area contributed by atoms with Crippen molar-refractivity contribution in [3.05, 3.63) is 30.3 Å². The van der Waals surface area contributed by atoms with Crippen LogP contribution < -0.4 is 5.32 Å². The van der Waals surface area contributed by atoms with Crippen LogP contribution in [0.15, 0.2) is 30.3 Å². The van der Waals surface area contributed by atoms with Gasteiger partial charge >= 0.3 is 0 Å². The van der Waals surface area contributed by atoms with Gasteiger partial charge < -0.3 is 5.32 Å². The molecule has 1 aromatic rings. The minimum atomic E-state index is -0.774. The van der Waals surface area contributed by atoms with E-state index in [-0.39, 0.29) is 17.1 Å². The molecule has 2 bridgehead atoms. The van der Waals surface area contributed by atoms with Crippen molar-refractivity contribution in [1.82, 2.24) is 0 Å². The Morgan fingerprint density at radius 2 is 1.95 bits per heavy atom. The maximum atomic E-state index is 12.6. The van der Waals surface area contributed by atoms with Crippen LogP contribution in [0, 0.1) is 16.7 Å². The van der Waals surface area contributed by atoms with Crippen LogP contribution in [0.3, 0.4) is 0 Å². The van der Waals surface area contributed by atoms with Crippen molar-refractivity contribution < 1.29 is 9.59 Å². The second-order valence-corrected chi connectivity index (χ2v) is 6.39. The number of hydrogen-bond donors (Lipinski definition) is 1. The van der Waals surface area contributed by atoms with Gasteiger partial charge in [0.05, 0.1) is 0 Å². The monoisotopic (exact) mass is 257 g/mol. The quantitative estimate of drug-likeness (QED) is 0.828. The summed E-state index contributed by atoms with van der Waals surface area (Å²) >= 11 is 0. The van der Waals surface area contributed by atoms with Crippen molar-refractivity contribution in [2.24, 2.45) is 16.7 Å². The van der Waals surface area contributed by atoms with Gasteiger partial charge in [0, 0.05) is 11.1 Å². The van der Waals surface area contributed by atoms with Crippen molar-refractivity contribution in [1.29, 1.82) is 0 Å². The number of Topliss-reactive ketones (excluding diaryl/α,β-unsaturated/α-hetero) is 1. The Bertz CT molecular complexity index is 535. The number of rotatable bonds is 2. The first-order valence-electron chi connectivity index (χ1n) is 6.88. The molecular weight excluding hydrogens is 238 g/mol. The maximum absolute atomic E-state index is 12.6. The van der Waals surface area contributed by atoms with E-state index in [0.717, 1.165) is 18.5 Å². The molecule has 0 saturated heterocycles. The van der Waals surface area contributed by atoms with Gasteiger partial charge in [-0.25, -0.2) is 0 Å². The molecule has 0 radical (unpaired) electrons. The van der Waals surface area contributed by atoms with E-state index in [1.165, 1.54) is 0 Å². The number of nitrogens with one attached hydrogen (secondary N) is 1. The van der Waals surface area contributed by atoms with Crippen molar-refractivity contribution in [2.75, 3.05) is 5.32 Å². The lowest BCUT2D eigenvalue weighted by atomic mass is 9.70. The standard InChI is InChI=1S/C16H19NO2/c1-15(2)11-8-9-16(10-11,13(15)18)14(19)17-12-6-4-3-5-7-12/h3-7,11H,8-10H2,1-2H3,(H,17,19). The summed E-state index contributed by atoms with van der Waals surface area (Å²) in [5, 5.41) is 2.91. The van der Waals surface area contributed by atoms with E-state index in [1.54, 1.807) is 0 Å². The van der Waals surface area contributed by atoms with Crippen LogP contribution in [0.4, 0.5) is 5.69 Å². The number of amides is 1. The second kappa shape index (κ2) is 3.92. The lowest BCUT2D eigenvalue weighted by Gasteiger charge is -2.32. The summed E-state index contributed by atoms with van der Waals surface area (Å²) in [6, 6.07) is 9.37. The first-order valence-corrected chi connectivity index (χ1v) is 6.88. The fourth-order valence-electron chi connectivity index (χ4n) is 3.75. The highest BCUT2D eigenvalue weighted by Gasteiger charge is 2.64. The highest BCUT2D eigenvalue weighted by Crippen LogP contribution is 2.60. The molecule has 0 aliphatic heterocycles. The van der Waals surface area contributed by atoms with E-state index >= 15 is 0 Å². The zero-order valence-electron chi connectivity index (χ0n) is 11.4. The molecule has 19 heavy (non-hydrogen) atoms. The highest BCUT2D eigenvalue weighted by atomic mass is 16.2. The summed E-state index contributed by atoms with van der Waals surface area (Å²) in [7, 11) is 0. The first kappa shape index (κ1) is 12.4. The molecule has 1 aromatic carbocycles. The first-order chi connectivity index (χ1) is 8.97. The lowest BCUT2D eigenvalue weighted by Crippen LogP contribution is -2.44. The van der Waals surface area contributed by atoms with E-state index in [9.17, 15) is 9.59 Å². The third-order valence-corrected chi connectivity index (χ3v) is 5.02. The fraction of sp³-hybridized carbons (Fsp3) is 0.500. The molecular formula is C16H19NO2. The maximum Gasteiger partial charge on any atom is 0.238 e. The van der Waals surface area contributed by atoms with E-state index in [0.29, 0.717) is 12.3 Å². The van der Waals surface area contributed by atoms with E-state index < -0.39 is 5.41 Å². The fourth-order valence-corrected chi connectivity index (χ4v) is 3.75. The van der Waals surface area contributed by atoms with Gasteiger partial charge in [0.2, 0.25) is 5.91 Å². The minimum absolute atomic E-state index is 0.114. The van der Waals surface area contributed by atoms with E-state index in [1.807, 2.05) is 44.2 Å². The number of anilines is 1. The molecule has 1 N–H and O–H groups in total. The molecule has 2 saturated carbocycles. The molecule has 3 heteroatoms. The summed E-state index contributed by atoms with van der Waals surface area (Å²) < 4.78 is 0. The van der Waals surface area contributed by atoms with Crippen molar-refractivity contribution in [3.63, 3.8) is 0 Å². The second-order valence-electron chi connectivity index (χ2n) is 6.39. The molecule has 2 aliphatic carbocycles. The Labute approximate surface area is 113 Å². The van der Waals surface area contributed by atoms with Gasteiger partial charge in [-0.3, -0.25) is 9.59 Å². The summed E-state index contributed by atoms with van der Waals surface area (Å²) in [4.78, 5) is 25.1. The van der Waals surface area contributed by atoms with Crippen LogP contribution in [0.5, 0.6) is 0 Å². The van der Waals surface area contributed by atoms with Crippen molar-refractivity contribution in [3.8, 4) is 0 Å². The third-order valence-electron chi connectivity index (χ3n) is 5.02. The average molecular weight is 257 g/mol. The van der Waals surface area contributed by atoms with Crippen LogP contribution in [0.1, 0.15) is 33.1 Å². The normalized spacial score (nSPS) is 31.5. The van der Waals surface area contributed by atoms with E-state index in [2.05, 4.69) is 5.32 Å². The molecule has 100 valence electrons. The predicted octanol–water partition coefficient (Wildman–Crippen LogP) is 3.02. The lowest BCUT2D eigenvalue weighted by molar-refractivity contribution is -0.142. The zero-order valence-corrected chi connectivity index (χ0v) is 11.4. The molecule has 2 fully saturated rings. The number of para-hydroxylation sites is 1. The zero-order chi connectivity index (χ0) is 13.7. The molecule has 2 atom stereocenters. The van der Waals surface area contributed by atoms with Crippen LogP contribution in [0.25, 0.3) is 0 Å². The molecule has 3 nitrogen and oxygen atoms in total. The van der Waals surface area contributed by atoms with Gasteiger partial charge in [-0.05, 0) is 37.3 Å². The molecule has 0 aromatic heterocycles. The van der Waals surface area contributed by atoms with Crippen molar-refractivity contribution in [2.45, 2.75) is 33.1 Å². The van der Waals surface area contributed by atoms with Gasteiger partial charge in [-0.2, -0.15) is 0 Å². The molecule has 2 unspecified atom stereocenters. The molecule has 0 spiro atoms. The highest BCUT2D eigenvalue weighted by molar-refractivity contribution is 6.15. The summed E-state index contributed by atoms with van der Waals surface area (Å²) in [5.41, 5.74) is -0.348. The SMILES string of the molecule is CC1(C)C(=O)C2(C(=O)Nc3ccccc3)CCC1C2. The summed E-state index contributed by atoms with van der Waals surface area (Å²) in [6.07, 6.45) is 2.41. The van der Waals surface area contributed by atoms with E-state index in [4.69, 9.17) is 0 Å². The van der Waals surface area contributed by atoms with Crippen LogP contribution in [0.2, 0.25) is 0 Å². The number of ketones is 1. The molecule has 3 rings (SSSR count). The van der Waals surface area contributed by atoms with Gasteiger partial charge in [0.25, 0.3) is 0 Å². The van der Waals surface area contributed by atoms with Crippen molar-refractivity contribution >= 4 is 17.4 Å². The molecule has 1 amide bonds.